The first-order valence-corrected chi connectivity index (χ1v) is 9.67. The molecule has 0 fully saturated rings. The Morgan fingerprint density at radius 3 is 2.38 bits per heavy atom. The number of carbonyl (C=O) groups excluding carboxylic acids is 1. The third-order valence-electron chi connectivity index (χ3n) is 3.85. The van der Waals surface area contributed by atoms with Crippen molar-refractivity contribution in [2.24, 2.45) is 0 Å². The summed E-state index contributed by atoms with van der Waals surface area (Å²) in [4.78, 5) is 12.6. The van der Waals surface area contributed by atoms with E-state index in [-0.39, 0.29) is 5.57 Å². The van der Waals surface area contributed by atoms with Gasteiger partial charge in [0.2, 0.25) is 0 Å². The summed E-state index contributed by atoms with van der Waals surface area (Å²) in [5.74, 6) is 1.32. The maximum atomic E-state index is 12.6. The summed E-state index contributed by atoms with van der Waals surface area (Å²) in [6.45, 7) is 7.35. The van der Waals surface area contributed by atoms with E-state index in [1.807, 2.05) is 26.8 Å². The summed E-state index contributed by atoms with van der Waals surface area (Å²) >= 11 is 0. The fourth-order valence-electron chi connectivity index (χ4n) is 2.58. The number of para-hydroxylation sites is 1. The van der Waals surface area contributed by atoms with Crippen molar-refractivity contribution in [3.63, 3.8) is 0 Å². The zero-order valence-electron chi connectivity index (χ0n) is 17.0. The first-order valence-electron chi connectivity index (χ1n) is 9.67. The van der Waals surface area contributed by atoms with E-state index in [9.17, 15) is 10.1 Å². The minimum absolute atomic E-state index is 0.0334. The molecule has 2 aromatic carbocycles. The van der Waals surface area contributed by atoms with E-state index in [0.717, 1.165) is 6.42 Å². The number of carbonyl (C=O) groups is 1. The van der Waals surface area contributed by atoms with Gasteiger partial charge >= 0.3 is 0 Å². The van der Waals surface area contributed by atoms with Gasteiger partial charge < -0.3 is 19.5 Å². The van der Waals surface area contributed by atoms with Crippen LogP contribution in [-0.4, -0.2) is 25.7 Å². The molecule has 0 saturated heterocycles. The van der Waals surface area contributed by atoms with Crippen LogP contribution in [-0.2, 0) is 4.79 Å². The standard InChI is InChI=1S/C23H26N2O4/c1-4-14-29-22-17(8-7-9-21(22)28-6-3)15-18(16-24)23(26)25-19-10-12-20(13-11-19)27-5-2/h7-13,15H,4-6,14H2,1-3H3,(H,25,26)/b18-15+. The normalized spacial score (nSPS) is 10.8. The molecule has 29 heavy (non-hydrogen) atoms. The summed E-state index contributed by atoms with van der Waals surface area (Å²) in [5.41, 5.74) is 1.15. The lowest BCUT2D eigenvalue weighted by Gasteiger charge is -2.14. The van der Waals surface area contributed by atoms with Crippen molar-refractivity contribution in [2.75, 3.05) is 25.1 Å². The average Bonchev–Trinajstić information content (AvgIpc) is 2.73. The Hall–Kier alpha value is -3.46. The Kier molecular flexibility index (Phi) is 8.58. The highest BCUT2D eigenvalue weighted by Gasteiger charge is 2.14. The molecule has 0 bridgehead atoms. The summed E-state index contributed by atoms with van der Waals surface area (Å²) in [6, 6.07) is 14.3. The van der Waals surface area contributed by atoms with Crippen LogP contribution in [0.25, 0.3) is 6.08 Å². The molecule has 0 saturated carbocycles. The number of hydrogen-bond donors (Lipinski definition) is 1. The number of rotatable bonds is 10. The van der Waals surface area contributed by atoms with Crippen LogP contribution in [0.1, 0.15) is 32.8 Å². The molecule has 2 aromatic rings. The van der Waals surface area contributed by atoms with Crippen LogP contribution in [0, 0.1) is 11.3 Å². The van der Waals surface area contributed by atoms with Crippen molar-refractivity contribution in [2.45, 2.75) is 27.2 Å². The minimum Gasteiger partial charge on any atom is -0.494 e. The first-order chi connectivity index (χ1) is 14.1. The topological polar surface area (TPSA) is 80.6 Å². The van der Waals surface area contributed by atoms with Crippen molar-refractivity contribution >= 4 is 17.7 Å². The summed E-state index contributed by atoms with van der Waals surface area (Å²) < 4.78 is 16.8. The van der Waals surface area contributed by atoms with Gasteiger partial charge in [-0.15, -0.1) is 0 Å². The number of hydrogen-bond acceptors (Lipinski definition) is 5. The fraction of sp³-hybridized carbons (Fsp3) is 0.304. The highest BCUT2D eigenvalue weighted by molar-refractivity contribution is 6.09. The average molecular weight is 394 g/mol. The number of ether oxygens (including phenoxy) is 3. The number of anilines is 1. The number of nitriles is 1. The van der Waals surface area contributed by atoms with Crippen LogP contribution < -0.4 is 19.5 Å². The smallest absolute Gasteiger partial charge is 0.266 e. The second-order valence-corrected chi connectivity index (χ2v) is 6.04. The molecule has 0 radical (unpaired) electrons. The van der Waals surface area contributed by atoms with E-state index in [1.54, 1.807) is 42.5 Å². The van der Waals surface area contributed by atoms with Crippen molar-refractivity contribution < 1.29 is 19.0 Å². The molecule has 152 valence electrons. The Labute approximate surface area is 171 Å². The van der Waals surface area contributed by atoms with E-state index >= 15 is 0 Å². The minimum atomic E-state index is -0.500. The Morgan fingerprint density at radius 1 is 1.03 bits per heavy atom. The highest BCUT2D eigenvalue weighted by atomic mass is 16.5. The second kappa shape index (κ2) is 11.4. The highest BCUT2D eigenvalue weighted by Crippen LogP contribution is 2.33. The molecule has 0 heterocycles. The molecular formula is C23H26N2O4. The van der Waals surface area contributed by atoms with Crippen LogP contribution in [0.3, 0.4) is 0 Å². The molecule has 6 heteroatoms. The Bertz CT molecular complexity index is 883. The van der Waals surface area contributed by atoms with E-state index < -0.39 is 5.91 Å². The maximum absolute atomic E-state index is 12.6. The van der Waals surface area contributed by atoms with Crippen LogP contribution in [0.4, 0.5) is 5.69 Å². The molecule has 0 aliphatic rings. The van der Waals surface area contributed by atoms with E-state index in [1.165, 1.54) is 6.08 Å². The fourth-order valence-corrected chi connectivity index (χ4v) is 2.58. The third kappa shape index (κ3) is 6.28. The van der Waals surface area contributed by atoms with Gasteiger partial charge in [0.15, 0.2) is 11.5 Å². The Morgan fingerprint density at radius 2 is 1.76 bits per heavy atom. The SMILES string of the molecule is CCCOc1c(/C=C(\C#N)C(=O)Nc2ccc(OCC)cc2)cccc1OCC. The maximum Gasteiger partial charge on any atom is 0.266 e. The zero-order valence-corrected chi connectivity index (χ0v) is 17.0. The molecule has 1 N–H and O–H groups in total. The second-order valence-electron chi connectivity index (χ2n) is 6.04. The lowest BCUT2D eigenvalue weighted by atomic mass is 10.1. The van der Waals surface area contributed by atoms with Gasteiger partial charge in [-0.25, -0.2) is 0 Å². The summed E-state index contributed by atoms with van der Waals surface area (Å²) in [5, 5.41) is 12.2. The molecule has 0 spiro atoms. The van der Waals surface area contributed by atoms with Gasteiger partial charge in [-0.05, 0) is 56.7 Å². The van der Waals surface area contributed by atoms with Gasteiger partial charge in [0.05, 0.1) is 19.8 Å². The zero-order chi connectivity index (χ0) is 21.1. The number of nitrogens with one attached hydrogen (secondary N) is 1. The van der Waals surface area contributed by atoms with Crippen molar-refractivity contribution in [1.29, 1.82) is 5.26 Å². The van der Waals surface area contributed by atoms with Gasteiger partial charge in [0.1, 0.15) is 17.4 Å². The lowest BCUT2D eigenvalue weighted by Crippen LogP contribution is -2.13. The number of benzene rings is 2. The van der Waals surface area contributed by atoms with Gasteiger partial charge in [-0.3, -0.25) is 4.79 Å². The molecule has 0 aliphatic carbocycles. The molecule has 0 atom stereocenters. The van der Waals surface area contributed by atoms with Crippen molar-refractivity contribution in [3.8, 4) is 23.3 Å². The molecule has 0 aromatic heterocycles. The number of nitrogens with zero attached hydrogens (tertiary/aromatic N) is 1. The number of amides is 1. The molecule has 0 aliphatic heterocycles. The van der Waals surface area contributed by atoms with E-state index in [0.29, 0.717) is 48.3 Å². The van der Waals surface area contributed by atoms with Gasteiger partial charge in [0, 0.05) is 11.3 Å². The molecule has 1 amide bonds. The quantitative estimate of drug-likeness (QED) is 0.462. The van der Waals surface area contributed by atoms with Gasteiger partial charge in [0.25, 0.3) is 5.91 Å². The summed E-state index contributed by atoms with van der Waals surface area (Å²) in [7, 11) is 0. The Balaban J connectivity index is 2.26. The lowest BCUT2D eigenvalue weighted by molar-refractivity contribution is -0.112. The predicted molar refractivity (Wildman–Crippen MR) is 113 cm³/mol. The van der Waals surface area contributed by atoms with Gasteiger partial charge in [-0.1, -0.05) is 19.1 Å². The largest absolute Gasteiger partial charge is 0.494 e. The van der Waals surface area contributed by atoms with Crippen LogP contribution in [0.2, 0.25) is 0 Å². The summed E-state index contributed by atoms with van der Waals surface area (Å²) in [6.07, 6.45) is 2.34. The molecule has 2 rings (SSSR count). The monoisotopic (exact) mass is 394 g/mol. The van der Waals surface area contributed by atoms with Crippen LogP contribution in [0.5, 0.6) is 17.2 Å². The molecular weight excluding hydrogens is 368 g/mol. The predicted octanol–water partition coefficient (Wildman–Crippen LogP) is 4.82. The van der Waals surface area contributed by atoms with Crippen LogP contribution in [0.15, 0.2) is 48.0 Å². The molecule has 6 nitrogen and oxygen atoms in total. The van der Waals surface area contributed by atoms with Crippen LogP contribution >= 0.6 is 0 Å². The molecule has 0 unspecified atom stereocenters. The first kappa shape index (κ1) is 21.8. The third-order valence-corrected chi connectivity index (χ3v) is 3.85. The van der Waals surface area contributed by atoms with Gasteiger partial charge in [-0.2, -0.15) is 5.26 Å². The van der Waals surface area contributed by atoms with E-state index in [2.05, 4.69) is 5.32 Å². The van der Waals surface area contributed by atoms with Crippen molar-refractivity contribution in [3.05, 3.63) is 53.6 Å². The van der Waals surface area contributed by atoms with Crippen molar-refractivity contribution in [1.82, 2.24) is 0 Å². The van der Waals surface area contributed by atoms with E-state index in [4.69, 9.17) is 14.2 Å².